The lowest BCUT2D eigenvalue weighted by atomic mass is 9.87. The van der Waals surface area contributed by atoms with Gasteiger partial charge in [-0.25, -0.2) is 4.79 Å². The van der Waals surface area contributed by atoms with Crippen molar-refractivity contribution >= 4 is 5.97 Å². The zero-order valence-electron chi connectivity index (χ0n) is 10.3. The second-order valence-electron chi connectivity index (χ2n) is 4.56. The van der Waals surface area contributed by atoms with Gasteiger partial charge in [-0.15, -0.1) is 0 Å². The average molecular weight is 313 g/mol. The molecule has 1 saturated heterocycles. The van der Waals surface area contributed by atoms with Crippen LogP contribution in [-0.2, 0) is 21.3 Å². The summed E-state index contributed by atoms with van der Waals surface area (Å²) < 4.78 is 78.4. The fourth-order valence-corrected chi connectivity index (χ4v) is 1.89. The Kier molecular flexibility index (Phi) is 3.64. The Balaban J connectivity index is 2.23. The van der Waals surface area contributed by atoms with E-state index in [-0.39, 0.29) is 18.7 Å². The van der Waals surface area contributed by atoms with E-state index in [4.69, 9.17) is 0 Å². The summed E-state index contributed by atoms with van der Waals surface area (Å²) in [5, 5.41) is 2.64. The first kappa shape index (κ1) is 15.6. The molecule has 3 nitrogen and oxygen atoms in total. The Morgan fingerprint density at radius 3 is 1.90 bits per heavy atom. The van der Waals surface area contributed by atoms with Crippen molar-refractivity contribution in [3.63, 3.8) is 0 Å². The lowest BCUT2D eigenvalue weighted by Gasteiger charge is -2.42. The summed E-state index contributed by atoms with van der Waals surface area (Å²) in [6.07, 6.45) is -9.71. The molecule has 0 bridgehead atoms. The molecule has 0 aliphatic carbocycles. The van der Waals surface area contributed by atoms with Crippen molar-refractivity contribution in [3.8, 4) is 0 Å². The number of halogens is 6. The van der Waals surface area contributed by atoms with E-state index in [1.165, 1.54) is 0 Å². The van der Waals surface area contributed by atoms with Crippen LogP contribution in [0, 0.1) is 0 Å². The molecule has 21 heavy (non-hydrogen) atoms. The first-order valence-electron chi connectivity index (χ1n) is 5.73. The van der Waals surface area contributed by atoms with Crippen LogP contribution in [0.25, 0.3) is 0 Å². The van der Waals surface area contributed by atoms with E-state index < -0.39 is 29.5 Å². The van der Waals surface area contributed by atoms with E-state index in [1.807, 2.05) is 0 Å². The number of esters is 1. The van der Waals surface area contributed by atoms with E-state index >= 15 is 0 Å². The fraction of sp³-hybridized carbons (Fsp3) is 0.417. The molecular weight excluding hydrogens is 304 g/mol. The molecule has 0 spiro atoms. The molecule has 9 heteroatoms. The third-order valence-electron chi connectivity index (χ3n) is 3.08. The van der Waals surface area contributed by atoms with Crippen LogP contribution < -0.4 is 5.32 Å². The van der Waals surface area contributed by atoms with E-state index in [0.717, 1.165) is 24.3 Å². The molecule has 1 aliphatic rings. The van der Waals surface area contributed by atoms with E-state index in [2.05, 4.69) is 10.1 Å². The first-order valence-corrected chi connectivity index (χ1v) is 5.73. The molecule has 1 aliphatic heterocycles. The summed E-state index contributed by atoms with van der Waals surface area (Å²) in [7, 11) is 0. The lowest BCUT2D eigenvalue weighted by molar-refractivity contribution is -0.219. The van der Waals surface area contributed by atoms with Gasteiger partial charge in [-0.2, -0.15) is 26.3 Å². The molecule has 0 amide bonds. The molecule has 2 rings (SSSR count). The molecule has 1 N–H and O–H groups in total. The monoisotopic (exact) mass is 313 g/mol. The van der Waals surface area contributed by atoms with Crippen molar-refractivity contribution < 1.29 is 35.9 Å². The van der Waals surface area contributed by atoms with Crippen LogP contribution in [0.2, 0.25) is 0 Å². The van der Waals surface area contributed by atoms with E-state index in [0.29, 0.717) is 0 Å². The molecule has 0 aromatic heterocycles. The van der Waals surface area contributed by atoms with Crippen LogP contribution in [0.1, 0.15) is 11.1 Å². The largest absolute Gasteiger partial charge is 0.490 e. The summed E-state index contributed by atoms with van der Waals surface area (Å²) in [4.78, 5) is 10.9. The van der Waals surface area contributed by atoms with Crippen molar-refractivity contribution in [2.45, 2.75) is 18.0 Å². The molecule has 1 aromatic rings. The van der Waals surface area contributed by atoms with Crippen molar-refractivity contribution in [1.82, 2.24) is 5.32 Å². The molecule has 0 atom stereocenters. The van der Waals surface area contributed by atoms with Gasteiger partial charge in [-0.1, -0.05) is 12.1 Å². The molecule has 1 aromatic carbocycles. The van der Waals surface area contributed by atoms with Crippen molar-refractivity contribution in [2.75, 3.05) is 13.1 Å². The minimum absolute atomic E-state index is 0.0758. The van der Waals surface area contributed by atoms with Crippen molar-refractivity contribution in [3.05, 3.63) is 35.4 Å². The number of rotatable bonds is 2. The van der Waals surface area contributed by atoms with Gasteiger partial charge < -0.3 is 10.1 Å². The van der Waals surface area contributed by atoms with Gasteiger partial charge in [0.05, 0.1) is 5.56 Å². The highest BCUT2D eigenvalue weighted by Gasteiger charge is 2.50. The van der Waals surface area contributed by atoms with Crippen molar-refractivity contribution in [1.29, 1.82) is 0 Å². The first-order chi connectivity index (χ1) is 9.55. The van der Waals surface area contributed by atoms with Gasteiger partial charge in [0.1, 0.15) is 0 Å². The normalized spacial score (nSPS) is 18.0. The second-order valence-corrected chi connectivity index (χ2v) is 4.56. The van der Waals surface area contributed by atoms with Crippen LogP contribution in [-0.4, -0.2) is 25.2 Å². The van der Waals surface area contributed by atoms with Crippen LogP contribution >= 0.6 is 0 Å². The van der Waals surface area contributed by atoms with Gasteiger partial charge >= 0.3 is 18.3 Å². The molecule has 0 unspecified atom stereocenters. The Bertz CT molecular complexity index is 530. The van der Waals surface area contributed by atoms with Gasteiger partial charge in [-0.05, 0) is 17.7 Å². The number of carbonyl (C=O) groups excluding carboxylic acids is 1. The van der Waals surface area contributed by atoms with Gasteiger partial charge in [0.15, 0.2) is 5.60 Å². The number of hydrogen-bond donors (Lipinski definition) is 1. The smallest absolute Gasteiger partial charge is 0.445 e. The number of hydrogen-bond acceptors (Lipinski definition) is 3. The fourth-order valence-electron chi connectivity index (χ4n) is 1.89. The van der Waals surface area contributed by atoms with Crippen LogP contribution in [0.3, 0.4) is 0 Å². The van der Waals surface area contributed by atoms with Crippen LogP contribution in [0.4, 0.5) is 26.3 Å². The van der Waals surface area contributed by atoms with Gasteiger partial charge in [0, 0.05) is 13.1 Å². The molecule has 1 heterocycles. The summed E-state index contributed by atoms with van der Waals surface area (Å²) >= 11 is 0. The third kappa shape index (κ3) is 3.12. The summed E-state index contributed by atoms with van der Waals surface area (Å²) in [6, 6.07) is 3.48. The van der Waals surface area contributed by atoms with Crippen LogP contribution in [0.15, 0.2) is 24.3 Å². The number of nitrogens with one attached hydrogen (secondary N) is 1. The molecule has 0 saturated carbocycles. The van der Waals surface area contributed by atoms with Gasteiger partial charge in [-0.3, -0.25) is 0 Å². The zero-order chi connectivity index (χ0) is 15.9. The number of alkyl halides is 6. The quantitative estimate of drug-likeness (QED) is 0.674. The Hall–Kier alpha value is -1.77. The Morgan fingerprint density at radius 1 is 1.05 bits per heavy atom. The number of carbonyl (C=O) groups is 1. The maximum absolute atomic E-state index is 12.4. The Labute approximate surface area is 114 Å². The SMILES string of the molecule is O=C(OC1(c2ccc(C(F)(F)F)cc2)CNC1)C(F)(F)F. The zero-order valence-corrected chi connectivity index (χ0v) is 10.3. The number of ether oxygens (including phenoxy) is 1. The van der Waals surface area contributed by atoms with E-state index in [9.17, 15) is 31.1 Å². The average Bonchev–Trinajstić information content (AvgIpc) is 2.31. The second kappa shape index (κ2) is 4.90. The molecular formula is C12H9F6NO2. The predicted molar refractivity (Wildman–Crippen MR) is 58.1 cm³/mol. The maximum atomic E-state index is 12.4. The van der Waals surface area contributed by atoms with Crippen LogP contribution in [0.5, 0.6) is 0 Å². The molecule has 116 valence electrons. The molecule has 1 fully saturated rings. The Morgan fingerprint density at radius 2 is 1.57 bits per heavy atom. The standard InChI is InChI=1S/C12H9F6NO2/c13-11(14,15)8-3-1-7(2-4-8)10(5-19-6-10)21-9(20)12(16,17)18/h1-4,19H,5-6H2. The van der Waals surface area contributed by atoms with Gasteiger partial charge in [0.2, 0.25) is 0 Å². The maximum Gasteiger partial charge on any atom is 0.490 e. The topological polar surface area (TPSA) is 38.3 Å². The summed E-state index contributed by atoms with van der Waals surface area (Å²) in [6.45, 7) is -0.194. The highest BCUT2D eigenvalue weighted by Crippen LogP contribution is 2.35. The lowest BCUT2D eigenvalue weighted by Crippen LogP contribution is -2.60. The van der Waals surface area contributed by atoms with E-state index in [1.54, 1.807) is 0 Å². The predicted octanol–water partition coefficient (Wildman–Crippen LogP) is 2.61. The highest BCUT2D eigenvalue weighted by molar-refractivity contribution is 5.76. The third-order valence-corrected chi connectivity index (χ3v) is 3.08. The number of benzene rings is 1. The highest BCUT2D eigenvalue weighted by atomic mass is 19.4. The minimum atomic E-state index is -5.16. The molecule has 0 radical (unpaired) electrons. The van der Waals surface area contributed by atoms with Crippen molar-refractivity contribution in [2.24, 2.45) is 0 Å². The summed E-state index contributed by atoms with van der Waals surface area (Å²) in [5.74, 6) is -2.37. The summed E-state index contributed by atoms with van der Waals surface area (Å²) in [5.41, 5.74) is -2.45. The van der Waals surface area contributed by atoms with Gasteiger partial charge in [0.25, 0.3) is 0 Å². The minimum Gasteiger partial charge on any atom is -0.445 e.